The number of benzene rings is 2. The van der Waals surface area contributed by atoms with Gasteiger partial charge in [-0.05, 0) is 65.5 Å². The second-order valence-electron chi connectivity index (χ2n) is 10.3. The van der Waals surface area contributed by atoms with Crippen LogP contribution in [0.25, 0.3) is 10.8 Å². The van der Waals surface area contributed by atoms with Gasteiger partial charge in [0, 0.05) is 23.9 Å². The van der Waals surface area contributed by atoms with Crippen molar-refractivity contribution in [1.29, 1.82) is 0 Å². The summed E-state index contributed by atoms with van der Waals surface area (Å²) in [6.45, 7) is 0.514. The zero-order chi connectivity index (χ0) is 23.9. The first-order valence-corrected chi connectivity index (χ1v) is 14.0. The Kier molecular flexibility index (Phi) is 6.19. The summed E-state index contributed by atoms with van der Waals surface area (Å²) in [5, 5.41) is 16.9. The summed E-state index contributed by atoms with van der Waals surface area (Å²) in [7, 11) is 0. The summed E-state index contributed by atoms with van der Waals surface area (Å²) in [6, 6.07) is 14.5. The Morgan fingerprint density at radius 3 is 2.54 bits per heavy atom. The van der Waals surface area contributed by atoms with Crippen LogP contribution in [0, 0.1) is 0 Å². The molecule has 0 radical (unpaired) electrons. The van der Waals surface area contributed by atoms with Crippen LogP contribution in [0.1, 0.15) is 79.2 Å². The van der Waals surface area contributed by atoms with Crippen LogP contribution in [0.15, 0.2) is 52.3 Å². The molecule has 0 unspecified atom stereocenters. The minimum absolute atomic E-state index is 0.111. The first-order valence-electron chi connectivity index (χ1n) is 13.0. The summed E-state index contributed by atoms with van der Waals surface area (Å²) in [6.07, 6.45) is 8.97. The number of hydrogen-bond acceptors (Lipinski definition) is 4. The number of fused-ring (bicyclic) bond motifs is 2. The van der Waals surface area contributed by atoms with Gasteiger partial charge in [0.2, 0.25) is 0 Å². The average molecular weight is 489 g/mol. The zero-order valence-electron chi connectivity index (χ0n) is 20.0. The highest BCUT2D eigenvalue weighted by Crippen LogP contribution is 2.49. The monoisotopic (exact) mass is 488 g/mol. The van der Waals surface area contributed by atoms with Crippen molar-refractivity contribution in [2.24, 2.45) is 0 Å². The largest absolute Gasteiger partial charge is 0.480 e. The van der Waals surface area contributed by atoms with Crippen molar-refractivity contribution < 1.29 is 9.90 Å². The van der Waals surface area contributed by atoms with Crippen molar-refractivity contribution in [2.75, 3.05) is 5.75 Å². The SMILES string of the molecule is O=C(O)[C@@H]1CSc2c(C3CC3)c(Cc3cccc4ccccc34)c(CNC3CCCCC3)c(=O)n21. The first kappa shape index (κ1) is 22.9. The van der Waals surface area contributed by atoms with E-state index in [1.54, 1.807) is 16.3 Å². The van der Waals surface area contributed by atoms with Crippen molar-refractivity contribution in [2.45, 2.75) is 80.9 Å². The second-order valence-corrected chi connectivity index (χ2v) is 11.3. The molecule has 5 nitrogen and oxygen atoms in total. The fourth-order valence-corrected chi connectivity index (χ4v) is 7.40. The molecule has 6 rings (SSSR count). The molecule has 1 aromatic heterocycles. The van der Waals surface area contributed by atoms with Gasteiger partial charge < -0.3 is 10.4 Å². The predicted octanol–water partition coefficient (Wildman–Crippen LogP) is 5.62. The highest BCUT2D eigenvalue weighted by Gasteiger charge is 2.39. The van der Waals surface area contributed by atoms with Crippen LogP contribution in [-0.2, 0) is 17.8 Å². The van der Waals surface area contributed by atoms with E-state index in [1.165, 1.54) is 41.2 Å². The molecule has 182 valence electrons. The quantitative estimate of drug-likeness (QED) is 0.451. The van der Waals surface area contributed by atoms with Gasteiger partial charge in [0.05, 0.1) is 5.03 Å². The molecule has 2 N–H and O–H groups in total. The smallest absolute Gasteiger partial charge is 0.327 e. The number of thioether (sulfide) groups is 1. The van der Waals surface area contributed by atoms with E-state index in [4.69, 9.17) is 0 Å². The number of pyridine rings is 1. The molecule has 1 aliphatic heterocycles. The van der Waals surface area contributed by atoms with Gasteiger partial charge in [-0.1, -0.05) is 61.7 Å². The number of rotatable bonds is 7. The number of aromatic nitrogens is 1. The van der Waals surface area contributed by atoms with Crippen molar-refractivity contribution in [3.05, 3.63) is 75.1 Å². The first-order chi connectivity index (χ1) is 17.1. The van der Waals surface area contributed by atoms with Crippen LogP contribution in [0.3, 0.4) is 0 Å². The van der Waals surface area contributed by atoms with Crippen LogP contribution in [0.5, 0.6) is 0 Å². The number of nitrogens with one attached hydrogen (secondary N) is 1. The van der Waals surface area contributed by atoms with Gasteiger partial charge in [-0.2, -0.15) is 0 Å². The molecule has 6 heteroatoms. The van der Waals surface area contributed by atoms with Gasteiger partial charge in [-0.15, -0.1) is 11.8 Å². The maximum Gasteiger partial charge on any atom is 0.327 e. The maximum atomic E-state index is 14.0. The van der Waals surface area contributed by atoms with Gasteiger partial charge in [-0.3, -0.25) is 9.36 Å². The Hall–Kier alpha value is -2.57. The fraction of sp³-hybridized carbons (Fsp3) is 0.448. The van der Waals surface area contributed by atoms with Crippen LogP contribution in [0.2, 0.25) is 0 Å². The molecule has 2 saturated carbocycles. The highest BCUT2D eigenvalue weighted by atomic mass is 32.2. The number of nitrogens with zero attached hydrogens (tertiary/aromatic N) is 1. The van der Waals surface area contributed by atoms with Crippen molar-refractivity contribution in [3.63, 3.8) is 0 Å². The number of carbonyl (C=O) groups is 1. The lowest BCUT2D eigenvalue weighted by atomic mass is 9.91. The van der Waals surface area contributed by atoms with E-state index in [0.29, 0.717) is 30.7 Å². The molecule has 2 aromatic carbocycles. The Bertz CT molecular complexity index is 1330. The predicted molar refractivity (Wildman–Crippen MR) is 141 cm³/mol. The number of aliphatic carboxylic acids is 1. The lowest BCUT2D eigenvalue weighted by Gasteiger charge is -2.25. The lowest BCUT2D eigenvalue weighted by Crippen LogP contribution is -2.37. The third-order valence-electron chi connectivity index (χ3n) is 8.00. The van der Waals surface area contributed by atoms with Crippen LogP contribution in [0.4, 0.5) is 0 Å². The summed E-state index contributed by atoms with van der Waals surface area (Å²) in [5.74, 6) is -0.0549. The van der Waals surface area contributed by atoms with E-state index < -0.39 is 12.0 Å². The van der Waals surface area contributed by atoms with Crippen molar-refractivity contribution in [1.82, 2.24) is 9.88 Å². The van der Waals surface area contributed by atoms with Gasteiger partial charge in [0.15, 0.2) is 0 Å². The van der Waals surface area contributed by atoms with E-state index in [0.717, 1.165) is 41.8 Å². The minimum Gasteiger partial charge on any atom is -0.480 e. The van der Waals surface area contributed by atoms with Crippen molar-refractivity contribution >= 4 is 28.5 Å². The van der Waals surface area contributed by atoms with Crippen LogP contribution < -0.4 is 10.9 Å². The summed E-state index contributed by atoms with van der Waals surface area (Å²) in [5.41, 5.74) is 4.28. The summed E-state index contributed by atoms with van der Waals surface area (Å²) in [4.78, 5) is 26.0. The van der Waals surface area contributed by atoms with Crippen LogP contribution >= 0.6 is 11.8 Å². The molecule has 3 aromatic rings. The standard InChI is InChI=1S/C29H32N2O3S/c32-27-24(16-30-21-10-2-1-3-11-21)23(15-20-9-6-8-18-7-4-5-12-22(18)20)26(19-13-14-19)28-31(27)25(17-35-28)29(33)34/h4-9,12,19,21,25,30H,1-3,10-11,13-17H2,(H,33,34)/t25-/m0/s1. The third-order valence-corrected chi connectivity index (χ3v) is 9.17. The molecule has 0 amide bonds. The summed E-state index contributed by atoms with van der Waals surface area (Å²) >= 11 is 1.56. The van der Waals surface area contributed by atoms with Gasteiger partial charge in [-0.25, -0.2) is 4.79 Å². The summed E-state index contributed by atoms with van der Waals surface area (Å²) < 4.78 is 1.62. The minimum atomic E-state index is -0.909. The molecular formula is C29H32N2O3S. The molecule has 0 spiro atoms. The third kappa shape index (κ3) is 4.31. The molecule has 1 atom stereocenters. The molecule has 0 saturated heterocycles. The molecular weight excluding hydrogens is 456 g/mol. The molecule has 2 aliphatic carbocycles. The molecule has 3 aliphatic rings. The van der Waals surface area contributed by atoms with E-state index in [2.05, 4.69) is 47.8 Å². The normalized spacial score (nSPS) is 20.3. The lowest BCUT2D eigenvalue weighted by molar-refractivity contribution is -0.140. The molecule has 35 heavy (non-hydrogen) atoms. The van der Waals surface area contributed by atoms with E-state index in [1.807, 2.05) is 0 Å². The van der Waals surface area contributed by atoms with Gasteiger partial charge in [0.25, 0.3) is 5.56 Å². The average Bonchev–Trinajstić information content (AvgIpc) is 3.61. The fourth-order valence-electron chi connectivity index (χ4n) is 6.00. The molecule has 0 bridgehead atoms. The zero-order valence-corrected chi connectivity index (χ0v) is 20.8. The Morgan fingerprint density at radius 1 is 1.00 bits per heavy atom. The topological polar surface area (TPSA) is 71.3 Å². The molecule has 2 fully saturated rings. The van der Waals surface area contributed by atoms with E-state index in [-0.39, 0.29) is 5.56 Å². The highest BCUT2D eigenvalue weighted by molar-refractivity contribution is 7.99. The maximum absolute atomic E-state index is 14.0. The molecule has 2 heterocycles. The van der Waals surface area contributed by atoms with Crippen LogP contribution in [-0.4, -0.2) is 27.4 Å². The van der Waals surface area contributed by atoms with Crippen molar-refractivity contribution in [3.8, 4) is 0 Å². The van der Waals surface area contributed by atoms with E-state index in [9.17, 15) is 14.7 Å². The number of carboxylic acid groups (broad SMARTS) is 1. The number of carboxylic acids is 1. The Balaban J connectivity index is 1.50. The Labute approximate surface area is 209 Å². The number of hydrogen-bond donors (Lipinski definition) is 2. The van der Waals surface area contributed by atoms with Gasteiger partial charge >= 0.3 is 5.97 Å². The van der Waals surface area contributed by atoms with E-state index >= 15 is 0 Å². The Morgan fingerprint density at radius 2 is 1.77 bits per heavy atom. The van der Waals surface area contributed by atoms with Gasteiger partial charge in [0.1, 0.15) is 6.04 Å². The second kappa shape index (κ2) is 9.47.